The van der Waals surface area contributed by atoms with E-state index in [4.69, 9.17) is 11.6 Å². The maximum Gasteiger partial charge on any atom is 0.219 e. The molecule has 5 nitrogen and oxygen atoms in total. The number of aromatic nitrogens is 1. The molecule has 2 N–H and O–H groups in total. The van der Waals surface area contributed by atoms with Crippen LogP contribution in [0.1, 0.15) is 37.9 Å². The molecule has 4 rings (SSSR count). The average molecular weight is 463 g/mol. The molecule has 3 aromatic rings. The lowest BCUT2D eigenvalue weighted by Crippen LogP contribution is -2.43. The van der Waals surface area contributed by atoms with E-state index in [9.17, 15) is 4.79 Å². The Kier molecular flexibility index (Phi) is 7.59. The third-order valence-corrected chi connectivity index (χ3v) is 6.51. The van der Waals surface area contributed by atoms with Gasteiger partial charge in [0.1, 0.15) is 0 Å². The number of nitrogens with one attached hydrogen (secondary N) is 2. The number of rotatable bonds is 6. The van der Waals surface area contributed by atoms with E-state index in [-0.39, 0.29) is 5.91 Å². The summed E-state index contributed by atoms with van der Waals surface area (Å²) in [6.45, 7) is 7.79. The molecular formula is C27H31ClN4O. The van der Waals surface area contributed by atoms with Gasteiger partial charge in [0.2, 0.25) is 5.91 Å². The number of carbonyl (C=O) groups excluding carboxylic acids is 1. The van der Waals surface area contributed by atoms with Crippen LogP contribution in [0.2, 0.25) is 5.02 Å². The van der Waals surface area contributed by atoms with Crippen LogP contribution in [0.5, 0.6) is 0 Å². The Labute approximate surface area is 201 Å². The van der Waals surface area contributed by atoms with E-state index < -0.39 is 0 Å². The van der Waals surface area contributed by atoms with Crippen molar-refractivity contribution in [1.82, 2.24) is 14.8 Å². The summed E-state index contributed by atoms with van der Waals surface area (Å²) >= 11 is 5.94. The zero-order valence-corrected chi connectivity index (χ0v) is 20.1. The Morgan fingerprint density at radius 2 is 1.88 bits per heavy atom. The number of piperidine rings is 1. The molecule has 2 aromatic carbocycles. The summed E-state index contributed by atoms with van der Waals surface area (Å²) in [5.74, 6) is 6.75. The Hall–Kier alpha value is -2.94. The van der Waals surface area contributed by atoms with Gasteiger partial charge in [-0.05, 0) is 73.7 Å². The fraction of sp³-hybridized carbons (Fsp3) is 0.370. The van der Waals surface area contributed by atoms with Crippen molar-refractivity contribution in [2.75, 3.05) is 25.0 Å². The van der Waals surface area contributed by atoms with E-state index in [1.54, 1.807) is 6.92 Å². The number of amides is 1. The fourth-order valence-electron chi connectivity index (χ4n) is 4.38. The van der Waals surface area contributed by atoms with Crippen LogP contribution in [0, 0.1) is 11.8 Å². The van der Waals surface area contributed by atoms with Gasteiger partial charge in [0.25, 0.3) is 0 Å². The van der Waals surface area contributed by atoms with Crippen LogP contribution in [0.4, 0.5) is 5.69 Å². The minimum absolute atomic E-state index is 0.180. The number of halogens is 1. The quantitative estimate of drug-likeness (QED) is 0.513. The van der Waals surface area contributed by atoms with E-state index in [0.29, 0.717) is 12.6 Å². The summed E-state index contributed by atoms with van der Waals surface area (Å²) in [6, 6.07) is 17.0. The molecule has 0 aliphatic carbocycles. The number of hydrogen-bond donors (Lipinski definition) is 2. The van der Waals surface area contributed by atoms with E-state index in [2.05, 4.69) is 58.2 Å². The molecule has 0 bridgehead atoms. The molecule has 0 saturated carbocycles. The molecule has 2 heterocycles. The van der Waals surface area contributed by atoms with Crippen LogP contribution in [0.3, 0.4) is 0 Å². The second kappa shape index (κ2) is 10.8. The van der Waals surface area contributed by atoms with Gasteiger partial charge in [0, 0.05) is 60.8 Å². The third-order valence-electron chi connectivity index (χ3n) is 6.26. The largest absolute Gasteiger partial charge is 0.374 e. The van der Waals surface area contributed by atoms with E-state index in [0.717, 1.165) is 55.4 Å². The summed E-state index contributed by atoms with van der Waals surface area (Å²) in [5, 5.41) is 8.93. The average Bonchev–Trinajstić information content (AvgIpc) is 3.18. The second-order valence-corrected chi connectivity index (χ2v) is 8.93. The minimum Gasteiger partial charge on any atom is -0.374 e. The van der Waals surface area contributed by atoms with Gasteiger partial charge in [0.05, 0.1) is 12.2 Å². The number of likely N-dealkylation sites (tertiary alicyclic amines) is 1. The van der Waals surface area contributed by atoms with Gasteiger partial charge in [-0.1, -0.05) is 23.6 Å². The Morgan fingerprint density at radius 3 is 2.58 bits per heavy atom. The summed E-state index contributed by atoms with van der Waals surface area (Å²) in [6.07, 6.45) is 2.02. The van der Waals surface area contributed by atoms with Crippen LogP contribution < -0.4 is 10.6 Å². The topological polar surface area (TPSA) is 49.3 Å². The first-order valence-corrected chi connectivity index (χ1v) is 12.0. The standard InChI is InChI=1S/C27H31ClN4O/c1-3-32-26(5-4-14-29-24-9-7-23(28)8-10-24)18-22-17-21(6-11-27(22)32)19-30-25-12-15-31(16-13-25)20(2)33/h6-11,17-18,25,29-30H,3,12-16,19H2,1-2H3. The second-order valence-electron chi connectivity index (χ2n) is 8.49. The third kappa shape index (κ3) is 5.90. The lowest BCUT2D eigenvalue weighted by atomic mass is 10.0. The smallest absolute Gasteiger partial charge is 0.219 e. The monoisotopic (exact) mass is 462 g/mol. The number of nitrogens with zero attached hydrogens (tertiary/aromatic N) is 2. The summed E-state index contributed by atoms with van der Waals surface area (Å²) in [4.78, 5) is 13.4. The first-order chi connectivity index (χ1) is 16.0. The van der Waals surface area contributed by atoms with Gasteiger partial charge in [-0.25, -0.2) is 0 Å². The molecule has 33 heavy (non-hydrogen) atoms. The van der Waals surface area contributed by atoms with Crippen molar-refractivity contribution >= 4 is 34.1 Å². The van der Waals surface area contributed by atoms with Crippen LogP contribution in [0.25, 0.3) is 10.9 Å². The van der Waals surface area contributed by atoms with Gasteiger partial charge in [0.15, 0.2) is 0 Å². The molecular weight excluding hydrogens is 432 g/mol. The summed E-state index contributed by atoms with van der Waals surface area (Å²) in [5.41, 5.74) is 4.53. The Morgan fingerprint density at radius 1 is 1.12 bits per heavy atom. The first-order valence-electron chi connectivity index (χ1n) is 11.6. The van der Waals surface area contributed by atoms with Crippen molar-refractivity contribution in [2.45, 2.75) is 45.8 Å². The molecule has 0 unspecified atom stereocenters. The molecule has 0 spiro atoms. The molecule has 1 aliphatic heterocycles. The molecule has 6 heteroatoms. The maximum atomic E-state index is 11.5. The number of benzene rings is 2. The van der Waals surface area contributed by atoms with Crippen molar-refractivity contribution in [3.8, 4) is 11.8 Å². The van der Waals surface area contributed by atoms with Gasteiger partial charge in [-0.3, -0.25) is 4.79 Å². The molecule has 0 radical (unpaired) electrons. The molecule has 1 aromatic heterocycles. The number of fused-ring (bicyclic) bond motifs is 1. The minimum atomic E-state index is 0.180. The highest BCUT2D eigenvalue weighted by Crippen LogP contribution is 2.22. The highest BCUT2D eigenvalue weighted by molar-refractivity contribution is 6.30. The van der Waals surface area contributed by atoms with Crippen LogP contribution >= 0.6 is 11.6 Å². The van der Waals surface area contributed by atoms with Crippen molar-refractivity contribution in [1.29, 1.82) is 0 Å². The van der Waals surface area contributed by atoms with E-state index in [1.807, 2.05) is 29.2 Å². The number of aryl methyl sites for hydroxylation is 1. The summed E-state index contributed by atoms with van der Waals surface area (Å²) in [7, 11) is 0. The Bertz CT molecular complexity index is 1160. The van der Waals surface area contributed by atoms with Crippen molar-refractivity contribution in [3.05, 3.63) is 64.8 Å². The molecule has 1 saturated heterocycles. The van der Waals surface area contributed by atoms with Gasteiger partial charge in [-0.15, -0.1) is 0 Å². The van der Waals surface area contributed by atoms with Crippen LogP contribution in [-0.4, -0.2) is 41.1 Å². The fourth-order valence-corrected chi connectivity index (χ4v) is 4.51. The zero-order valence-electron chi connectivity index (χ0n) is 19.3. The highest BCUT2D eigenvalue weighted by Gasteiger charge is 2.20. The van der Waals surface area contributed by atoms with Crippen LogP contribution in [0.15, 0.2) is 48.5 Å². The molecule has 1 aliphatic rings. The van der Waals surface area contributed by atoms with Crippen LogP contribution in [-0.2, 0) is 17.9 Å². The lowest BCUT2D eigenvalue weighted by Gasteiger charge is -2.31. The summed E-state index contributed by atoms with van der Waals surface area (Å²) < 4.78 is 2.26. The van der Waals surface area contributed by atoms with Crippen molar-refractivity contribution in [2.24, 2.45) is 0 Å². The van der Waals surface area contributed by atoms with E-state index >= 15 is 0 Å². The predicted octanol–water partition coefficient (Wildman–Crippen LogP) is 4.88. The molecule has 0 atom stereocenters. The number of hydrogen-bond acceptors (Lipinski definition) is 3. The SMILES string of the molecule is CCn1c(C#CCNc2ccc(Cl)cc2)cc2cc(CNC3CCN(C(C)=O)CC3)ccc21. The zero-order chi connectivity index (χ0) is 23.2. The Balaban J connectivity index is 1.38. The van der Waals surface area contributed by atoms with Gasteiger partial charge in [-0.2, -0.15) is 0 Å². The number of carbonyl (C=O) groups is 1. The van der Waals surface area contributed by atoms with Crippen molar-refractivity contribution in [3.63, 3.8) is 0 Å². The predicted molar refractivity (Wildman–Crippen MR) is 137 cm³/mol. The van der Waals surface area contributed by atoms with Gasteiger partial charge < -0.3 is 20.1 Å². The molecule has 172 valence electrons. The number of anilines is 1. The van der Waals surface area contributed by atoms with Gasteiger partial charge >= 0.3 is 0 Å². The molecule has 1 amide bonds. The van der Waals surface area contributed by atoms with Crippen molar-refractivity contribution < 1.29 is 4.79 Å². The maximum absolute atomic E-state index is 11.5. The normalized spacial score (nSPS) is 14.2. The highest BCUT2D eigenvalue weighted by atomic mass is 35.5. The van der Waals surface area contributed by atoms with E-state index in [1.165, 1.54) is 16.5 Å². The molecule has 1 fully saturated rings. The lowest BCUT2D eigenvalue weighted by molar-refractivity contribution is -0.129. The first kappa shape index (κ1) is 23.2.